The molecule has 0 fully saturated rings. The molecule has 92 valence electrons. The Bertz CT molecular complexity index is 255. The van der Waals surface area contributed by atoms with Gasteiger partial charge in [-0.1, -0.05) is 12.6 Å². The molecule has 0 unspecified atom stereocenters. The van der Waals surface area contributed by atoms with Crippen molar-refractivity contribution < 1.29 is 19.1 Å². The van der Waals surface area contributed by atoms with Gasteiger partial charge in [0.15, 0.2) is 0 Å². The highest BCUT2D eigenvalue weighted by molar-refractivity contribution is 6.08. The Labute approximate surface area is 98.6 Å². The van der Waals surface area contributed by atoms with Gasteiger partial charge in [-0.15, -0.1) is 0 Å². The van der Waals surface area contributed by atoms with Crippen LogP contribution in [0.15, 0.2) is 12.2 Å². The lowest BCUT2D eigenvalue weighted by Crippen LogP contribution is -2.26. The van der Waals surface area contributed by atoms with Crippen molar-refractivity contribution in [3.05, 3.63) is 12.2 Å². The van der Waals surface area contributed by atoms with Gasteiger partial charge in [0.1, 0.15) is 13.2 Å². The number of hydrogen-bond acceptors (Lipinski definition) is 4. The van der Waals surface area contributed by atoms with Crippen molar-refractivity contribution in [2.75, 3.05) is 19.8 Å². The summed E-state index contributed by atoms with van der Waals surface area (Å²) < 4.78 is 9.51. The molecule has 0 radical (unpaired) electrons. The molecule has 16 heavy (non-hydrogen) atoms. The van der Waals surface area contributed by atoms with Crippen LogP contribution in [0.4, 0.5) is 4.79 Å². The molecule has 0 aromatic carbocycles. The summed E-state index contributed by atoms with van der Waals surface area (Å²) >= 11 is 0. The molecule has 0 bridgehead atoms. The highest BCUT2D eigenvalue weighted by Crippen LogP contribution is 1.91. The molecule has 0 aliphatic rings. The van der Waals surface area contributed by atoms with Gasteiger partial charge in [0.05, 0.1) is 0 Å². The fourth-order valence-electron chi connectivity index (χ4n) is 0.810. The first kappa shape index (κ1) is 14.7. The molecule has 0 saturated heterocycles. The van der Waals surface area contributed by atoms with Gasteiger partial charge >= 0.3 is 12.1 Å². The number of nitrogens with one attached hydrogen (secondary N) is 1. The van der Waals surface area contributed by atoms with Crippen LogP contribution in [0.5, 0.6) is 0 Å². The minimum absolute atomic E-state index is 0.0554. The Hall–Kier alpha value is -1.30. The van der Waals surface area contributed by atoms with E-state index in [1.807, 2.05) is 0 Å². The van der Waals surface area contributed by atoms with Gasteiger partial charge in [-0.25, -0.2) is 9.59 Å². The predicted octanol–water partition coefficient (Wildman–Crippen LogP) is 0.00570. The Morgan fingerprint density at radius 3 is 2.50 bits per heavy atom. The number of esters is 1. The lowest BCUT2D eigenvalue weighted by Gasteiger charge is -2.07. The maximum absolute atomic E-state index is 11.0. The summed E-state index contributed by atoms with van der Waals surface area (Å²) in [6, 6.07) is 1.15. The first-order valence-electron chi connectivity index (χ1n) is 5.31. The molecule has 0 aromatic heterocycles. The van der Waals surface area contributed by atoms with Crippen LogP contribution in [0, 0.1) is 0 Å². The fourth-order valence-corrected chi connectivity index (χ4v) is 1.16. The minimum atomic E-state index is -0.472. The van der Waals surface area contributed by atoms with Gasteiger partial charge < -0.3 is 14.8 Å². The van der Waals surface area contributed by atoms with Crippen LogP contribution < -0.4 is 5.32 Å². The second-order valence-electron chi connectivity index (χ2n) is 3.33. The zero-order valence-electron chi connectivity index (χ0n) is 9.88. The zero-order chi connectivity index (χ0) is 12.4. The number of ether oxygens (including phenoxy) is 2. The average Bonchev–Trinajstić information content (AvgIpc) is 2.24. The smallest absolute Gasteiger partial charge is 0.407 e. The van der Waals surface area contributed by atoms with E-state index in [2.05, 4.69) is 11.9 Å². The lowest BCUT2D eigenvalue weighted by molar-refractivity contribution is -0.139. The van der Waals surface area contributed by atoms with Crippen LogP contribution in [0.1, 0.15) is 13.3 Å². The first-order valence-corrected chi connectivity index (χ1v) is 6.72. The van der Waals surface area contributed by atoms with Gasteiger partial charge in [-0.2, -0.15) is 0 Å². The van der Waals surface area contributed by atoms with Crippen LogP contribution in [-0.4, -0.2) is 42.1 Å². The zero-order valence-corrected chi connectivity index (χ0v) is 11.9. The molecule has 0 saturated carbocycles. The third-order valence-electron chi connectivity index (χ3n) is 1.70. The summed E-state index contributed by atoms with van der Waals surface area (Å²) in [5, 5.41) is 2.60. The molecule has 0 atom stereocenters. The van der Waals surface area contributed by atoms with E-state index < -0.39 is 12.1 Å². The van der Waals surface area contributed by atoms with E-state index in [0.717, 1.165) is 22.7 Å². The van der Waals surface area contributed by atoms with E-state index >= 15 is 0 Å². The molecule has 0 spiro atoms. The summed E-state index contributed by atoms with van der Waals surface area (Å²) in [6.45, 7) is 5.74. The molecule has 1 amide bonds. The minimum Gasteiger partial charge on any atom is -0.459 e. The Morgan fingerprint density at radius 2 is 1.94 bits per heavy atom. The number of rotatable bonds is 7. The van der Waals surface area contributed by atoms with E-state index in [1.165, 1.54) is 0 Å². The Balaban J connectivity index is 3.41. The number of carbonyl (C=O) groups is 2. The van der Waals surface area contributed by atoms with Crippen LogP contribution in [0.3, 0.4) is 0 Å². The van der Waals surface area contributed by atoms with Crippen LogP contribution >= 0.6 is 0 Å². The van der Waals surface area contributed by atoms with Crippen molar-refractivity contribution in [2.45, 2.75) is 19.4 Å². The van der Waals surface area contributed by atoms with Gasteiger partial charge in [0, 0.05) is 22.4 Å². The molecule has 6 heteroatoms. The van der Waals surface area contributed by atoms with Gasteiger partial charge in [0.25, 0.3) is 0 Å². The number of alkyl carbamates (subject to hydrolysis) is 1. The van der Waals surface area contributed by atoms with Crippen molar-refractivity contribution in [3.8, 4) is 0 Å². The normalized spacial score (nSPS) is 9.56. The molecular formula is C10H19NO4Si. The lowest BCUT2D eigenvalue weighted by atomic mass is 10.4. The fraction of sp³-hybridized carbons (Fsp3) is 0.600. The van der Waals surface area contributed by atoms with Crippen molar-refractivity contribution in [3.63, 3.8) is 0 Å². The van der Waals surface area contributed by atoms with E-state index in [9.17, 15) is 9.59 Å². The number of amides is 1. The summed E-state index contributed by atoms with van der Waals surface area (Å²) in [5.74, 6) is -0.472. The summed E-state index contributed by atoms with van der Waals surface area (Å²) in [6.07, 6.45) is 0.507. The summed E-state index contributed by atoms with van der Waals surface area (Å²) in [7, 11) is 1.14. The monoisotopic (exact) mass is 245 g/mol. The highest BCUT2D eigenvalue weighted by Gasteiger charge is 2.04. The van der Waals surface area contributed by atoms with E-state index in [-0.39, 0.29) is 13.2 Å². The highest BCUT2D eigenvalue weighted by atomic mass is 28.1. The molecule has 0 aromatic rings. The number of hydrogen-bond donors (Lipinski definition) is 1. The third kappa shape index (κ3) is 8.04. The van der Waals surface area contributed by atoms with Gasteiger partial charge in [0.2, 0.25) is 0 Å². The van der Waals surface area contributed by atoms with Crippen molar-refractivity contribution in [1.82, 2.24) is 5.32 Å². The summed E-state index contributed by atoms with van der Waals surface area (Å²) in [5.41, 5.74) is 0.330. The number of carbonyl (C=O) groups excluding carboxylic acids is 2. The quantitative estimate of drug-likeness (QED) is 0.297. The van der Waals surface area contributed by atoms with E-state index in [4.69, 9.17) is 9.47 Å². The second-order valence-corrected chi connectivity index (χ2v) is 4.33. The van der Waals surface area contributed by atoms with Crippen LogP contribution in [0.25, 0.3) is 0 Å². The van der Waals surface area contributed by atoms with Crippen LogP contribution in [0.2, 0.25) is 6.04 Å². The molecule has 1 N–H and O–H groups in total. The standard InChI is InChI=1S/C10H19NO4Si/c1-8(2)9(12)14-5-6-15-10(13)11-4-3-7-16/h1,3-7H2,2,16H3,(H,11,13). The predicted molar refractivity (Wildman–Crippen MR) is 64.5 cm³/mol. The summed E-state index contributed by atoms with van der Waals surface area (Å²) in [4.78, 5) is 21.9. The molecule has 0 heterocycles. The molecular weight excluding hydrogens is 226 g/mol. The van der Waals surface area contributed by atoms with Crippen LogP contribution in [-0.2, 0) is 14.3 Å². The van der Waals surface area contributed by atoms with E-state index in [1.54, 1.807) is 6.92 Å². The van der Waals surface area contributed by atoms with Gasteiger partial charge in [-0.05, 0) is 13.3 Å². The maximum Gasteiger partial charge on any atom is 0.407 e. The second kappa shape index (κ2) is 8.96. The van der Waals surface area contributed by atoms with Gasteiger partial charge in [-0.3, -0.25) is 0 Å². The Kier molecular flexibility index (Phi) is 8.23. The maximum atomic E-state index is 11.0. The van der Waals surface area contributed by atoms with E-state index in [0.29, 0.717) is 12.1 Å². The molecule has 0 aliphatic carbocycles. The molecule has 5 nitrogen and oxygen atoms in total. The largest absolute Gasteiger partial charge is 0.459 e. The SMILES string of the molecule is C=C(C)C(=O)OCCOC(=O)NCCC[SiH3]. The van der Waals surface area contributed by atoms with Crippen molar-refractivity contribution in [2.24, 2.45) is 0 Å². The Morgan fingerprint density at radius 1 is 1.31 bits per heavy atom. The van der Waals surface area contributed by atoms with Crippen molar-refractivity contribution in [1.29, 1.82) is 0 Å². The first-order chi connectivity index (χ1) is 7.57. The average molecular weight is 245 g/mol. The molecule has 0 aliphatic heterocycles. The third-order valence-corrected chi connectivity index (χ3v) is 2.40. The van der Waals surface area contributed by atoms with Crippen molar-refractivity contribution >= 4 is 22.3 Å². The topological polar surface area (TPSA) is 64.6 Å². The molecule has 0 rings (SSSR count).